The van der Waals surface area contributed by atoms with Crippen LogP contribution < -0.4 is 10.2 Å². The Morgan fingerprint density at radius 2 is 2.25 bits per heavy atom. The van der Waals surface area contributed by atoms with Crippen LogP contribution in [0.3, 0.4) is 0 Å². The Hall–Kier alpha value is -1.39. The lowest BCUT2D eigenvalue weighted by molar-refractivity contribution is 0.141. The molecule has 0 bridgehead atoms. The van der Waals surface area contributed by atoms with Gasteiger partial charge in [0.2, 0.25) is 5.43 Å². The number of ether oxygens (including phenoxy) is 1. The van der Waals surface area contributed by atoms with Crippen molar-refractivity contribution in [3.05, 3.63) is 28.2 Å². The van der Waals surface area contributed by atoms with Gasteiger partial charge < -0.3 is 9.72 Å². The first-order valence-corrected chi connectivity index (χ1v) is 3.20. The lowest BCUT2D eigenvalue weighted by Crippen LogP contribution is -2.08. The van der Waals surface area contributed by atoms with Crippen LogP contribution in [0.15, 0.2) is 17.1 Å². The van der Waals surface area contributed by atoms with E-state index < -0.39 is 17.5 Å². The fourth-order valence-electron chi connectivity index (χ4n) is 0.854. The van der Waals surface area contributed by atoms with Crippen molar-refractivity contribution in [1.29, 1.82) is 0 Å². The lowest BCUT2D eigenvalue weighted by atomic mass is 10.3. The van der Waals surface area contributed by atoms with Crippen molar-refractivity contribution in [2.45, 2.75) is 6.43 Å². The highest BCUT2D eigenvalue weighted by atomic mass is 19.3. The zero-order valence-electron chi connectivity index (χ0n) is 6.30. The first-order chi connectivity index (χ1) is 5.66. The quantitative estimate of drug-likeness (QED) is 0.736. The highest BCUT2D eigenvalue weighted by Crippen LogP contribution is 2.22. The maximum absolute atomic E-state index is 12.1. The smallest absolute Gasteiger partial charge is 0.282 e. The van der Waals surface area contributed by atoms with Gasteiger partial charge in [-0.25, -0.2) is 8.78 Å². The molecule has 0 aliphatic carbocycles. The van der Waals surface area contributed by atoms with Crippen LogP contribution in [-0.4, -0.2) is 12.1 Å². The summed E-state index contributed by atoms with van der Waals surface area (Å²) in [6.45, 7) is 0. The molecule has 1 aromatic rings. The van der Waals surface area contributed by atoms with Crippen molar-refractivity contribution in [3.8, 4) is 5.75 Å². The third-order valence-electron chi connectivity index (χ3n) is 1.36. The summed E-state index contributed by atoms with van der Waals surface area (Å²) in [5.41, 5.74) is -1.03. The predicted octanol–water partition coefficient (Wildman–Crippen LogP) is 1.32. The number of aromatic nitrogens is 1. The molecule has 0 aliphatic heterocycles. The molecular weight excluding hydrogens is 168 g/mol. The van der Waals surface area contributed by atoms with Crippen LogP contribution >= 0.6 is 0 Å². The van der Waals surface area contributed by atoms with E-state index in [1.807, 2.05) is 0 Å². The fraction of sp³-hybridized carbons (Fsp3) is 0.286. The van der Waals surface area contributed by atoms with Crippen molar-refractivity contribution in [2.24, 2.45) is 0 Å². The molecule has 0 amide bonds. The summed E-state index contributed by atoms with van der Waals surface area (Å²) in [6.07, 6.45) is -1.57. The monoisotopic (exact) mass is 175 g/mol. The van der Waals surface area contributed by atoms with E-state index in [2.05, 4.69) is 9.72 Å². The van der Waals surface area contributed by atoms with Gasteiger partial charge in [0.05, 0.1) is 7.11 Å². The van der Waals surface area contributed by atoms with Crippen LogP contribution in [0.1, 0.15) is 12.1 Å². The van der Waals surface area contributed by atoms with Gasteiger partial charge in [-0.1, -0.05) is 0 Å². The van der Waals surface area contributed by atoms with Crippen LogP contribution in [-0.2, 0) is 0 Å². The molecule has 3 nitrogen and oxygen atoms in total. The highest BCUT2D eigenvalue weighted by Gasteiger charge is 2.15. The predicted molar refractivity (Wildman–Crippen MR) is 38.6 cm³/mol. The number of H-pyrrole nitrogens is 1. The first kappa shape index (κ1) is 8.70. The molecule has 0 radical (unpaired) electrons. The van der Waals surface area contributed by atoms with E-state index in [4.69, 9.17) is 0 Å². The van der Waals surface area contributed by atoms with Gasteiger partial charge in [0.1, 0.15) is 5.69 Å². The maximum atomic E-state index is 12.1. The van der Waals surface area contributed by atoms with Gasteiger partial charge in [0, 0.05) is 12.3 Å². The molecule has 1 rings (SSSR count). The van der Waals surface area contributed by atoms with Gasteiger partial charge >= 0.3 is 0 Å². The summed E-state index contributed by atoms with van der Waals surface area (Å²) in [6, 6.07) is 1.13. The van der Waals surface area contributed by atoms with Crippen LogP contribution in [0, 0.1) is 0 Å². The third kappa shape index (κ3) is 1.44. The summed E-state index contributed by atoms with van der Waals surface area (Å²) < 4.78 is 28.8. The molecule has 0 unspecified atom stereocenters. The maximum Gasteiger partial charge on any atom is 0.282 e. The van der Waals surface area contributed by atoms with Gasteiger partial charge in [-0.2, -0.15) is 0 Å². The molecule has 12 heavy (non-hydrogen) atoms. The molecule has 0 fully saturated rings. The van der Waals surface area contributed by atoms with Crippen LogP contribution in [0.5, 0.6) is 5.75 Å². The number of rotatable bonds is 2. The minimum atomic E-state index is -2.73. The fourth-order valence-corrected chi connectivity index (χ4v) is 0.854. The second-order valence-corrected chi connectivity index (χ2v) is 2.09. The number of hydrogen-bond acceptors (Lipinski definition) is 2. The number of nitrogens with one attached hydrogen (secondary N) is 1. The van der Waals surface area contributed by atoms with Crippen molar-refractivity contribution in [1.82, 2.24) is 4.98 Å². The molecule has 0 saturated heterocycles. The Balaban J connectivity index is 3.28. The van der Waals surface area contributed by atoms with Crippen molar-refractivity contribution < 1.29 is 13.5 Å². The summed E-state index contributed by atoms with van der Waals surface area (Å²) in [5, 5.41) is 0. The van der Waals surface area contributed by atoms with Gasteiger partial charge in [-0.3, -0.25) is 4.79 Å². The molecule has 1 aromatic heterocycles. The second-order valence-electron chi connectivity index (χ2n) is 2.09. The molecule has 66 valence electrons. The summed E-state index contributed by atoms with van der Waals surface area (Å²) in [7, 11) is 1.18. The largest absolute Gasteiger partial charge is 0.491 e. The topological polar surface area (TPSA) is 42.1 Å². The molecule has 5 heteroatoms. The SMILES string of the molecule is COc1c(C(F)F)[nH]ccc1=O. The average molecular weight is 175 g/mol. The van der Waals surface area contributed by atoms with Crippen LogP contribution in [0.4, 0.5) is 8.78 Å². The van der Waals surface area contributed by atoms with Crippen molar-refractivity contribution in [2.75, 3.05) is 7.11 Å². The molecule has 0 aromatic carbocycles. The van der Waals surface area contributed by atoms with E-state index in [0.717, 1.165) is 12.3 Å². The number of aromatic amines is 1. The summed E-state index contributed by atoms with van der Waals surface area (Å²) in [4.78, 5) is 13.2. The Labute approximate surface area is 67.0 Å². The molecule has 0 aliphatic rings. The van der Waals surface area contributed by atoms with Gasteiger partial charge in [-0.05, 0) is 0 Å². The number of methoxy groups -OCH3 is 1. The van der Waals surface area contributed by atoms with Gasteiger partial charge in [0.15, 0.2) is 5.75 Å². The minimum absolute atomic E-state index is 0.326. The van der Waals surface area contributed by atoms with Gasteiger partial charge in [0.25, 0.3) is 6.43 Å². The van der Waals surface area contributed by atoms with Crippen LogP contribution in [0.25, 0.3) is 0 Å². The number of alkyl halides is 2. The van der Waals surface area contributed by atoms with E-state index in [1.165, 1.54) is 7.11 Å². The summed E-state index contributed by atoms with van der Waals surface area (Å²) >= 11 is 0. The Morgan fingerprint density at radius 3 is 2.67 bits per heavy atom. The first-order valence-electron chi connectivity index (χ1n) is 3.20. The van der Waals surface area contributed by atoms with E-state index in [-0.39, 0.29) is 5.75 Å². The van der Waals surface area contributed by atoms with Gasteiger partial charge in [-0.15, -0.1) is 0 Å². The molecule has 1 heterocycles. The number of halogens is 2. The highest BCUT2D eigenvalue weighted by molar-refractivity contribution is 5.27. The van der Waals surface area contributed by atoms with E-state index in [9.17, 15) is 13.6 Å². The van der Waals surface area contributed by atoms with E-state index in [1.54, 1.807) is 0 Å². The number of hydrogen-bond donors (Lipinski definition) is 1. The Morgan fingerprint density at radius 1 is 1.58 bits per heavy atom. The number of pyridine rings is 1. The lowest BCUT2D eigenvalue weighted by Gasteiger charge is -2.04. The zero-order valence-corrected chi connectivity index (χ0v) is 6.30. The Kier molecular flexibility index (Phi) is 2.42. The molecular formula is C7H7F2NO2. The van der Waals surface area contributed by atoms with Crippen molar-refractivity contribution in [3.63, 3.8) is 0 Å². The van der Waals surface area contributed by atoms with Crippen LogP contribution in [0.2, 0.25) is 0 Å². The normalized spacial score (nSPS) is 10.3. The Bertz CT molecular complexity index is 321. The molecule has 0 atom stereocenters. The van der Waals surface area contributed by atoms with E-state index >= 15 is 0 Å². The zero-order chi connectivity index (χ0) is 9.14. The average Bonchev–Trinajstić information content (AvgIpc) is 2.03. The standard InChI is InChI=1S/C7H7F2NO2/c1-12-6-4(11)2-3-10-5(6)7(8)9/h2-3,7H,1H3,(H,10,11). The summed E-state index contributed by atoms with van der Waals surface area (Å²) in [5.74, 6) is -0.326. The minimum Gasteiger partial charge on any atom is -0.491 e. The molecule has 0 saturated carbocycles. The second kappa shape index (κ2) is 3.34. The molecule has 0 spiro atoms. The molecule has 1 N–H and O–H groups in total. The van der Waals surface area contributed by atoms with Crippen molar-refractivity contribution >= 4 is 0 Å². The third-order valence-corrected chi connectivity index (χ3v) is 1.36. The van der Waals surface area contributed by atoms with E-state index in [0.29, 0.717) is 0 Å².